The molecular weight excluding hydrogens is 448 g/mol. The lowest BCUT2D eigenvalue weighted by molar-refractivity contribution is -0.114. The van der Waals surface area contributed by atoms with E-state index in [0.717, 1.165) is 33.6 Å². The van der Waals surface area contributed by atoms with Gasteiger partial charge in [0.05, 0.1) is 11.3 Å². The summed E-state index contributed by atoms with van der Waals surface area (Å²) in [5.41, 5.74) is 12.6. The van der Waals surface area contributed by atoms with Gasteiger partial charge in [-0.15, -0.1) is 11.6 Å². The predicted octanol–water partition coefficient (Wildman–Crippen LogP) is 5.43. The Morgan fingerprint density at radius 2 is 1.85 bits per heavy atom. The van der Waals surface area contributed by atoms with Crippen molar-refractivity contribution in [1.82, 2.24) is 19.5 Å². The highest BCUT2D eigenvalue weighted by Crippen LogP contribution is 2.32. The molecule has 2 aromatic carbocycles. The molecule has 0 radical (unpaired) electrons. The summed E-state index contributed by atoms with van der Waals surface area (Å²) in [5.74, 6) is 1.34. The van der Waals surface area contributed by atoms with Crippen LogP contribution >= 0.6 is 11.6 Å². The fraction of sp³-hybridized carbons (Fsp3) is 0.0769. The molecular formula is C26H21ClN6O. The van der Waals surface area contributed by atoms with Crippen LogP contribution in [0.3, 0.4) is 0 Å². The fourth-order valence-electron chi connectivity index (χ4n) is 3.84. The van der Waals surface area contributed by atoms with Crippen molar-refractivity contribution in [2.45, 2.75) is 12.8 Å². The van der Waals surface area contributed by atoms with Gasteiger partial charge in [-0.2, -0.15) is 0 Å². The van der Waals surface area contributed by atoms with Crippen molar-refractivity contribution in [3.8, 4) is 28.3 Å². The third kappa shape index (κ3) is 4.09. The van der Waals surface area contributed by atoms with Crippen molar-refractivity contribution in [2.75, 3.05) is 11.1 Å². The van der Waals surface area contributed by atoms with Crippen molar-refractivity contribution >= 4 is 40.2 Å². The summed E-state index contributed by atoms with van der Waals surface area (Å²) < 4.78 is 1.97. The average molecular weight is 469 g/mol. The minimum atomic E-state index is -0.127. The number of pyridine rings is 2. The number of alkyl halides is 1. The molecule has 0 saturated carbocycles. The second kappa shape index (κ2) is 8.96. The number of hydrogen-bond donors (Lipinski definition) is 2. The van der Waals surface area contributed by atoms with E-state index in [1.807, 2.05) is 77.4 Å². The lowest BCUT2D eigenvalue weighted by Crippen LogP contribution is -2.05. The van der Waals surface area contributed by atoms with Gasteiger partial charge >= 0.3 is 0 Å². The van der Waals surface area contributed by atoms with E-state index < -0.39 is 0 Å². The van der Waals surface area contributed by atoms with Gasteiger partial charge in [0, 0.05) is 35.9 Å². The van der Waals surface area contributed by atoms with Crippen molar-refractivity contribution in [1.29, 1.82) is 0 Å². The zero-order chi connectivity index (χ0) is 23.7. The molecule has 3 N–H and O–H groups in total. The number of nitrogens with zero attached hydrogens (tertiary/aromatic N) is 4. The first-order valence-electron chi connectivity index (χ1n) is 10.7. The minimum Gasteiger partial charge on any atom is -0.383 e. The molecule has 0 saturated heterocycles. The molecule has 7 nitrogen and oxygen atoms in total. The van der Waals surface area contributed by atoms with E-state index in [1.54, 1.807) is 6.20 Å². The number of hydrogen-bond acceptors (Lipinski definition) is 5. The van der Waals surface area contributed by atoms with Crippen LogP contribution in [-0.2, 0) is 10.7 Å². The van der Waals surface area contributed by atoms with Gasteiger partial charge in [0.1, 0.15) is 11.3 Å². The second-order valence-corrected chi connectivity index (χ2v) is 8.08. The van der Waals surface area contributed by atoms with E-state index >= 15 is 0 Å². The van der Waals surface area contributed by atoms with Crippen LogP contribution in [0.2, 0.25) is 0 Å². The van der Waals surface area contributed by atoms with Crippen LogP contribution in [0, 0.1) is 0 Å². The Morgan fingerprint density at radius 1 is 1.03 bits per heavy atom. The SMILES string of the molecule is CC(=O)Nc1cccc(-c2ccc3nc(-c4cccnc4N)n(-c4ccc(CCl)cc4)c3n2)c1. The molecule has 3 aromatic heterocycles. The number of carbonyl (C=O) groups excluding carboxylic acids is 1. The highest BCUT2D eigenvalue weighted by atomic mass is 35.5. The number of nitrogens with one attached hydrogen (secondary N) is 1. The number of fused-ring (bicyclic) bond motifs is 1. The van der Waals surface area contributed by atoms with E-state index in [4.69, 9.17) is 27.3 Å². The summed E-state index contributed by atoms with van der Waals surface area (Å²) in [6.45, 7) is 1.48. The van der Waals surface area contributed by atoms with Gasteiger partial charge in [-0.3, -0.25) is 9.36 Å². The standard InChI is InChI=1S/C26H21ClN6O/c1-16(34)30-19-5-2-4-18(14-19)22-11-12-23-26(31-22)33(20-9-7-17(15-27)8-10-20)25(32-23)21-6-3-13-29-24(21)28/h2-14H,15H2,1H3,(H2,28,29)(H,30,34). The first-order chi connectivity index (χ1) is 16.5. The summed E-state index contributed by atoms with van der Waals surface area (Å²) in [5, 5.41) is 2.82. The van der Waals surface area contributed by atoms with E-state index in [1.165, 1.54) is 6.92 Å². The number of anilines is 2. The smallest absolute Gasteiger partial charge is 0.221 e. The van der Waals surface area contributed by atoms with Gasteiger partial charge in [0.25, 0.3) is 0 Å². The van der Waals surface area contributed by atoms with Crippen LogP contribution in [0.25, 0.3) is 39.5 Å². The Labute approximate surface area is 201 Å². The van der Waals surface area contributed by atoms with E-state index in [-0.39, 0.29) is 5.91 Å². The Balaban J connectivity index is 1.72. The molecule has 5 aromatic rings. The molecule has 5 rings (SSSR count). The number of halogens is 1. The summed E-state index contributed by atoms with van der Waals surface area (Å²) >= 11 is 6.00. The van der Waals surface area contributed by atoms with E-state index in [2.05, 4.69) is 10.3 Å². The van der Waals surface area contributed by atoms with Gasteiger partial charge in [-0.05, 0) is 54.1 Å². The topological polar surface area (TPSA) is 98.7 Å². The summed E-state index contributed by atoms with van der Waals surface area (Å²) in [7, 11) is 0. The van der Waals surface area contributed by atoms with Gasteiger partial charge in [-0.25, -0.2) is 15.0 Å². The maximum absolute atomic E-state index is 11.5. The van der Waals surface area contributed by atoms with Crippen LogP contribution in [-0.4, -0.2) is 25.4 Å². The molecule has 0 aliphatic heterocycles. The zero-order valence-electron chi connectivity index (χ0n) is 18.4. The Bertz CT molecular complexity index is 1510. The molecule has 0 spiro atoms. The number of nitrogen functional groups attached to an aromatic ring is 1. The lowest BCUT2D eigenvalue weighted by atomic mass is 10.1. The number of nitrogens with two attached hydrogens (primary N) is 1. The Hall–Kier alpha value is -4.23. The van der Waals surface area contributed by atoms with Gasteiger partial charge in [0.15, 0.2) is 11.5 Å². The molecule has 0 aliphatic carbocycles. The average Bonchev–Trinajstić information content (AvgIpc) is 3.22. The van der Waals surface area contributed by atoms with Gasteiger partial charge < -0.3 is 11.1 Å². The second-order valence-electron chi connectivity index (χ2n) is 7.81. The van der Waals surface area contributed by atoms with Crippen LogP contribution in [0.1, 0.15) is 12.5 Å². The van der Waals surface area contributed by atoms with E-state index in [9.17, 15) is 4.79 Å². The molecule has 0 bridgehead atoms. The molecule has 34 heavy (non-hydrogen) atoms. The van der Waals surface area contributed by atoms with Crippen LogP contribution in [0.5, 0.6) is 0 Å². The Morgan fingerprint density at radius 3 is 2.59 bits per heavy atom. The minimum absolute atomic E-state index is 0.127. The quantitative estimate of drug-likeness (QED) is 0.335. The number of carbonyl (C=O) groups is 1. The zero-order valence-corrected chi connectivity index (χ0v) is 19.1. The fourth-order valence-corrected chi connectivity index (χ4v) is 4.02. The van der Waals surface area contributed by atoms with Gasteiger partial charge in [-0.1, -0.05) is 24.3 Å². The molecule has 0 unspecified atom stereocenters. The van der Waals surface area contributed by atoms with Crippen molar-refractivity contribution in [3.63, 3.8) is 0 Å². The third-order valence-corrected chi connectivity index (χ3v) is 5.72. The number of aromatic nitrogens is 4. The van der Waals surface area contributed by atoms with Crippen LogP contribution in [0.4, 0.5) is 11.5 Å². The maximum Gasteiger partial charge on any atom is 0.221 e. The molecule has 1 amide bonds. The Kier molecular flexibility index (Phi) is 5.69. The number of imidazole rings is 1. The van der Waals surface area contributed by atoms with Crippen molar-refractivity contribution in [3.05, 3.63) is 84.6 Å². The molecule has 0 atom stereocenters. The molecule has 3 heterocycles. The molecule has 168 valence electrons. The van der Waals surface area contributed by atoms with Gasteiger partial charge in [0.2, 0.25) is 5.91 Å². The van der Waals surface area contributed by atoms with E-state index in [0.29, 0.717) is 28.9 Å². The first kappa shape index (κ1) is 21.6. The largest absolute Gasteiger partial charge is 0.383 e. The first-order valence-corrected chi connectivity index (χ1v) is 11.2. The number of rotatable bonds is 5. The summed E-state index contributed by atoms with van der Waals surface area (Å²) in [6, 6.07) is 23.1. The maximum atomic E-state index is 11.5. The summed E-state index contributed by atoms with van der Waals surface area (Å²) in [6.07, 6.45) is 1.65. The van der Waals surface area contributed by atoms with Crippen LogP contribution in [0.15, 0.2) is 79.0 Å². The third-order valence-electron chi connectivity index (χ3n) is 5.41. The predicted molar refractivity (Wildman–Crippen MR) is 136 cm³/mol. The highest BCUT2D eigenvalue weighted by molar-refractivity contribution is 6.17. The lowest BCUT2D eigenvalue weighted by Gasteiger charge is -2.11. The molecule has 0 fully saturated rings. The molecule has 8 heteroatoms. The number of benzene rings is 2. The number of amides is 1. The highest BCUT2D eigenvalue weighted by Gasteiger charge is 2.18. The van der Waals surface area contributed by atoms with Crippen molar-refractivity contribution in [2.24, 2.45) is 0 Å². The molecule has 0 aliphatic rings. The summed E-state index contributed by atoms with van der Waals surface area (Å²) in [4.78, 5) is 25.5. The van der Waals surface area contributed by atoms with Crippen molar-refractivity contribution < 1.29 is 4.79 Å². The monoisotopic (exact) mass is 468 g/mol. The normalized spacial score (nSPS) is 11.0. The van der Waals surface area contributed by atoms with Crippen LogP contribution < -0.4 is 11.1 Å².